The Hall–Kier alpha value is -2.43. The summed E-state index contributed by atoms with van der Waals surface area (Å²) in [6.07, 6.45) is 0.441. The molecule has 8 nitrogen and oxygen atoms in total. The van der Waals surface area contributed by atoms with Crippen molar-refractivity contribution >= 4 is 26.0 Å². The number of aryl methyl sites for hydroxylation is 1. The topological polar surface area (TPSA) is 110 Å². The second kappa shape index (κ2) is 8.75. The number of benzene rings is 2. The minimum Gasteiger partial charge on any atom is -0.453 e. The third kappa shape index (κ3) is 4.66. The molecule has 162 valence electrons. The van der Waals surface area contributed by atoms with Crippen LogP contribution in [0.15, 0.2) is 63.2 Å². The average molecular weight is 453 g/mol. The number of ether oxygens (including phenoxy) is 1. The summed E-state index contributed by atoms with van der Waals surface area (Å²) >= 11 is 0. The van der Waals surface area contributed by atoms with E-state index in [1.54, 1.807) is 25.1 Å². The Labute approximate surface area is 176 Å². The maximum Gasteiger partial charge on any atom is 0.409 e. The summed E-state index contributed by atoms with van der Waals surface area (Å²) in [7, 11) is -6.49. The molecule has 1 N–H and O–H groups in total. The van der Waals surface area contributed by atoms with Crippen LogP contribution in [0.2, 0.25) is 0 Å². The van der Waals surface area contributed by atoms with Crippen molar-refractivity contribution in [3.63, 3.8) is 0 Å². The Bertz CT molecular complexity index is 1120. The van der Waals surface area contributed by atoms with E-state index < -0.39 is 26.0 Å². The molecule has 0 saturated carbocycles. The highest BCUT2D eigenvalue weighted by Gasteiger charge is 2.29. The largest absolute Gasteiger partial charge is 0.453 e. The number of sulfone groups is 1. The fourth-order valence-corrected chi connectivity index (χ4v) is 6.32. The molecule has 0 spiro atoms. The van der Waals surface area contributed by atoms with Gasteiger partial charge in [-0.2, -0.15) is 0 Å². The van der Waals surface area contributed by atoms with E-state index >= 15 is 0 Å². The second-order valence-electron chi connectivity index (χ2n) is 7.10. The Morgan fingerprint density at radius 3 is 2.23 bits per heavy atom. The SMILES string of the molecule is COC(=O)N1CCC(NS(=O)(=O)c2cc(S(=O)(=O)c3ccccc3)ccc2C)CC1. The number of piperidine rings is 1. The second-order valence-corrected chi connectivity index (χ2v) is 10.7. The van der Waals surface area contributed by atoms with Gasteiger partial charge in [-0.25, -0.2) is 26.4 Å². The number of nitrogens with one attached hydrogen (secondary N) is 1. The van der Waals surface area contributed by atoms with Crippen molar-refractivity contribution in [2.45, 2.75) is 40.5 Å². The molecule has 0 aromatic heterocycles. The van der Waals surface area contributed by atoms with E-state index in [1.165, 1.54) is 42.3 Å². The lowest BCUT2D eigenvalue weighted by atomic mass is 10.1. The summed E-state index contributed by atoms with van der Waals surface area (Å²) in [5.74, 6) is 0. The van der Waals surface area contributed by atoms with Gasteiger partial charge in [0.2, 0.25) is 19.9 Å². The maximum atomic E-state index is 13.0. The number of rotatable bonds is 5. The minimum atomic E-state index is -3.95. The third-order valence-electron chi connectivity index (χ3n) is 5.06. The number of methoxy groups -OCH3 is 1. The van der Waals surface area contributed by atoms with Crippen molar-refractivity contribution in [3.05, 3.63) is 54.1 Å². The van der Waals surface area contributed by atoms with Gasteiger partial charge >= 0.3 is 6.09 Å². The first-order valence-electron chi connectivity index (χ1n) is 9.41. The standard InChI is InChI=1S/C20H24N2O6S2/c1-15-8-9-18(29(24,25)17-6-4-3-5-7-17)14-19(15)30(26,27)21-16-10-12-22(13-11-16)20(23)28-2/h3-9,14,16,21H,10-13H2,1-2H3. The molecule has 0 unspecified atom stereocenters. The summed E-state index contributed by atoms with van der Waals surface area (Å²) in [5.41, 5.74) is 0.446. The molecule has 0 aliphatic carbocycles. The Morgan fingerprint density at radius 1 is 1.00 bits per heavy atom. The Balaban J connectivity index is 1.83. The van der Waals surface area contributed by atoms with Crippen molar-refractivity contribution in [1.29, 1.82) is 0 Å². The predicted octanol–water partition coefficient (Wildman–Crippen LogP) is 2.34. The van der Waals surface area contributed by atoms with Gasteiger partial charge in [0.05, 0.1) is 21.8 Å². The Kier molecular flexibility index (Phi) is 6.49. The van der Waals surface area contributed by atoms with Crippen molar-refractivity contribution in [1.82, 2.24) is 9.62 Å². The van der Waals surface area contributed by atoms with Gasteiger partial charge in [0.25, 0.3) is 0 Å². The zero-order valence-corrected chi connectivity index (χ0v) is 18.4. The number of nitrogens with zero attached hydrogens (tertiary/aromatic N) is 1. The summed E-state index contributed by atoms with van der Waals surface area (Å²) in [6.45, 7) is 2.37. The molecule has 1 fully saturated rings. The first-order chi connectivity index (χ1) is 14.1. The smallest absolute Gasteiger partial charge is 0.409 e. The fourth-order valence-electron chi connectivity index (χ4n) is 3.36. The van der Waals surface area contributed by atoms with E-state index in [0.717, 1.165) is 0 Å². The molecule has 1 heterocycles. The van der Waals surface area contributed by atoms with Gasteiger partial charge in [0.15, 0.2) is 0 Å². The lowest BCUT2D eigenvalue weighted by Gasteiger charge is -2.31. The predicted molar refractivity (Wildman–Crippen MR) is 110 cm³/mol. The van der Waals surface area contributed by atoms with E-state index in [9.17, 15) is 21.6 Å². The van der Waals surface area contributed by atoms with E-state index in [0.29, 0.717) is 31.5 Å². The summed E-state index contributed by atoms with van der Waals surface area (Å²) in [5, 5.41) is 0. The quantitative estimate of drug-likeness (QED) is 0.746. The summed E-state index contributed by atoms with van der Waals surface area (Å²) in [6, 6.07) is 11.6. The van der Waals surface area contributed by atoms with Crippen LogP contribution in [0.5, 0.6) is 0 Å². The highest BCUT2D eigenvalue weighted by Crippen LogP contribution is 2.26. The number of amides is 1. The molecule has 30 heavy (non-hydrogen) atoms. The third-order valence-corrected chi connectivity index (χ3v) is 8.49. The van der Waals surface area contributed by atoms with Gasteiger partial charge in [0.1, 0.15) is 0 Å². The first kappa shape index (κ1) is 22.3. The van der Waals surface area contributed by atoms with Crippen molar-refractivity contribution in [2.75, 3.05) is 20.2 Å². The number of sulfonamides is 1. The molecule has 1 amide bonds. The number of likely N-dealkylation sites (tertiary alicyclic amines) is 1. The van der Waals surface area contributed by atoms with Crippen molar-refractivity contribution in [3.8, 4) is 0 Å². The molecular weight excluding hydrogens is 428 g/mol. The van der Waals surface area contributed by atoms with Gasteiger partial charge in [-0.3, -0.25) is 0 Å². The normalized spacial score (nSPS) is 15.7. The lowest BCUT2D eigenvalue weighted by molar-refractivity contribution is 0.111. The van der Waals surface area contributed by atoms with Gasteiger partial charge in [-0.15, -0.1) is 0 Å². The minimum absolute atomic E-state index is 0.0742. The zero-order chi connectivity index (χ0) is 21.9. The lowest BCUT2D eigenvalue weighted by Crippen LogP contribution is -2.46. The molecule has 10 heteroatoms. The fraction of sp³-hybridized carbons (Fsp3) is 0.350. The molecule has 3 rings (SSSR count). The number of carbonyl (C=O) groups is 1. The Morgan fingerprint density at radius 2 is 1.63 bits per heavy atom. The zero-order valence-electron chi connectivity index (χ0n) is 16.7. The molecule has 2 aromatic rings. The van der Waals surface area contributed by atoms with E-state index in [-0.39, 0.29) is 20.7 Å². The molecule has 2 aromatic carbocycles. The van der Waals surface area contributed by atoms with Gasteiger partial charge < -0.3 is 9.64 Å². The molecule has 0 radical (unpaired) electrons. The van der Waals surface area contributed by atoms with Crippen LogP contribution < -0.4 is 4.72 Å². The first-order valence-corrected chi connectivity index (χ1v) is 12.4. The molecule has 1 aliphatic rings. The van der Waals surface area contributed by atoms with Crippen LogP contribution in [0, 0.1) is 6.92 Å². The van der Waals surface area contributed by atoms with Gasteiger partial charge in [-0.05, 0) is 49.6 Å². The van der Waals surface area contributed by atoms with Crippen molar-refractivity contribution in [2.24, 2.45) is 0 Å². The van der Waals surface area contributed by atoms with Crippen molar-refractivity contribution < 1.29 is 26.4 Å². The van der Waals surface area contributed by atoms with E-state index in [1.807, 2.05) is 0 Å². The van der Waals surface area contributed by atoms with Crippen LogP contribution in [0.3, 0.4) is 0 Å². The van der Waals surface area contributed by atoms with Crippen LogP contribution in [-0.2, 0) is 24.6 Å². The van der Waals surface area contributed by atoms with Crippen LogP contribution in [0.25, 0.3) is 0 Å². The average Bonchev–Trinajstić information content (AvgIpc) is 2.74. The van der Waals surface area contributed by atoms with Crippen LogP contribution >= 0.6 is 0 Å². The summed E-state index contributed by atoms with van der Waals surface area (Å²) < 4.78 is 59.1. The maximum absolute atomic E-state index is 13.0. The number of hydrogen-bond acceptors (Lipinski definition) is 6. The van der Waals surface area contributed by atoms with Gasteiger partial charge in [0, 0.05) is 19.1 Å². The van der Waals surface area contributed by atoms with Crippen LogP contribution in [0.4, 0.5) is 4.79 Å². The summed E-state index contributed by atoms with van der Waals surface area (Å²) in [4.78, 5) is 13.0. The highest BCUT2D eigenvalue weighted by atomic mass is 32.2. The van der Waals surface area contributed by atoms with Crippen LogP contribution in [0.1, 0.15) is 18.4 Å². The monoisotopic (exact) mass is 452 g/mol. The molecule has 1 saturated heterocycles. The molecular formula is C20H24N2O6S2. The van der Waals surface area contributed by atoms with Gasteiger partial charge in [-0.1, -0.05) is 24.3 Å². The van der Waals surface area contributed by atoms with E-state index in [2.05, 4.69) is 9.46 Å². The van der Waals surface area contributed by atoms with E-state index in [4.69, 9.17) is 0 Å². The highest BCUT2D eigenvalue weighted by molar-refractivity contribution is 7.91. The number of hydrogen-bond donors (Lipinski definition) is 1. The number of carbonyl (C=O) groups excluding carboxylic acids is 1. The molecule has 1 aliphatic heterocycles. The van der Waals surface area contributed by atoms with Crippen LogP contribution in [-0.4, -0.2) is 54.1 Å². The molecule has 0 bridgehead atoms. The molecule has 0 atom stereocenters.